The fourth-order valence-corrected chi connectivity index (χ4v) is 9.17. The van der Waals surface area contributed by atoms with Crippen LogP contribution in [0.2, 0.25) is 0 Å². The van der Waals surface area contributed by atoms with E-state index < -0.39 is 57.6 Å². The first-order valence-corrected chi connectivity index (χ1v) is 27.4. The number of aliphatic hydroxyl groups excluding tert-OH is 1. The van der Waals surface area contributed by atoms with E-state index in [1.54, 1.807) is 0 Å². The summed E-state index contributed by atoms with van der Waals surface area (Å²) in [5.74, 6) is -6.18. The first kappa shape index (κ1) is 68.9. The maximum Gasteiger partial charge on any atom is 0.415 e. The van der Waals surface area contributed by atoms with Crippen molar-refractivity contribution in [2.75, 3.05) is 57.9 Å². The van der Waals surface area contributed by atoms with Crippen molar-refractivity contribution in [2.45, 2.75) is 109 Å². The number of benzene rings is 4. The molecule has 4 aromatic carbocycles. The van der Waals surface area contributed by atoms with E-state index in [9.17, 15) is 56.2 Å². The predicted molar refractivity (Wildman–Crippen MR) is 295 cm³/mol. The van der Waals surface area contributed by atoms with Crippen molar-refractivity contribution in [1.29, 1.82) is 0 Å². The number of amides is 2. The third-order valence-electron chi connectivity index (χ3n) is 12.9. The molecule has 4 aliphatic heterocycles. The lowest BCUT2D eigenvalue weighted by molar-refractivity contribution is -0.143. The molecule has 8 rings (SSSR count). The topological polar surface area (TPSA) is 210 Å². The molecule has 2 N–H and O–H groups in total. The smallest absolute Gasteiger partial charge is 0.415 e. The fourth-order valence-electron chi connectivity index (χ4n) is 8.94. The highest BCUT2D eigenvalue weighted by molar-refractivity contribution is 6.62. The van der Waals surface area contributed by atoms with Crippen molar-refractivity contribution in [2.24, 2.45) is 0 Å². The molecule has 4 saturated heterocycles. The molecule has 4 heterocycles. The van der Waals surface area contributed by atoms with Crippen molar-refractivity contribution in [3.8, 4) is 11.5 Å². The molecule has 4 atom stereocenters. The molecular formula is C57H69Cl3F4N4O13. The van der Waals surface area contributed by atoms with Gasteiger partial charge in [-0.3, -0.25) is 38.6 Å². The third-order valence-corrected chi connectivity index (χ3v) is 13.1. The SMILES string of the molecule is CC(=O)OC[C@@H]1CCCN1C(=O)Cl.CC(=O)OC[C@@H]1CCCN1C(=O)Oc1cc(F)c(C=O)c(F)c1.CC(=O)OC[C@@H]1CCCN1Cc1ccccc1.ClCCl.O=Cc1c(F)cc(O)cc1F.OC[C@@H]1CCCN1Cc1ccccc1. The van der Waals surface area contributed by atoms with Gasteiger partial charge in [-0.25, -0.2) is 22.4 Å². The van der Waals surface area contributed by atoms with Gasteiger partial charge in [0, 0.05) is 83.3 Å². The Balaban J connectivity index is 0.000000268. The van der Waals surface area contributed by atoms with Gasteiger partial charge in [-0.15, -0.1) is 23.2 Å². The molecule has 4 aliphatic rings. The number of esters is 3. The Morgan fingerprint density at radius 2 is 0.926 bits per heavy atom. The summed E-state index contributed by atoms with van der Waals surface area (Å²) in [5, 5.41) is 17.5. The van der Waals surface area contributed by atoms with Gasteiger partial charge in [-0.2, -0.15) is 0 Å². The molecule has 24 heteroatoms. The number of carbonyl (C=O) groups excluding carboxylic acids is 7. The second-order valence-electron chi connectivity index (χ2n) is 18.7. The number of hydrogen-bond acceptors (Lipinski definition) is 15. The van der Waals surface area contributed by atoms with E-state index in [0.29, 0.717) is 63.4 Å². The Morgan fingerprint density at radius 3 is 1.33 bits per heavy atom. The number of aldehydes is 2. The Labute approximate surface area is 483 Å². The molecule has 0 aliphatic carbocycles. The third kappa shape index (κ3) is 25.1. The van der Waals surface area contributed by atoms with E-state index in [1.165, 1.54) is 54.5 Å². The van der Waals surface area contributed by atoms with Crippen LogP contribution in [0.25, 0.3) is 0 Å². The molecule has 0 spiro atoms. The van der Waals surface area contributed by atoms with Gasteiger partial charge < -0.3 is 39.0 Å². The number of phenols is 1. The van der Waals surface area contributed by atoms with Gasteiger partial charge in [0.25, 0.3) is 0 Å². The van der Waals surface area contributed by atoms with Crippen LogP contribution in [0.4, 0.5) is 27.2 Å². The van der Waals surface area contributed by atoms with Gasteiger partial charge in [0.05, 0.1) is 35.2 Å². The summed E-state index contributed by atoms with van der Waals surface area (Å²) < 4.78 is 71.7. The van der Waals surface area contributed by atoms with Crippen LogP contribution in [-0.4, -0.2) is 154 Å². The number of carbonyl (C=O) groups is 7. The zero-order chi connectivity index (χ0) is 59.9. The number of aromatic hydroxyl groups is 1. The zero-order valence-corrected chi connectivity index (χ0v) is 47.6. The summed E-state index contributed by atoms with van der Waals surface area (Å²) in [5.41, 5.74) is 1.27. The number of ether oxygens (including phenoxy) is 4. The maximum atomic E-state index is 13.5. The molecule has 444 valence electrons. The first-order valence-electron chi connectivity index (χ1n) is 26.0. The number of alkyl halides is 2. The molecule has 0 saturated carbocycles. The number of likely N-dealkylation sites (tertiary alicyclic amines) is 4. The van der Waals surface area contributed by atoms with Crippen molar-refractivity contribution in [3.63, 3.8) is 0 Å². The minimum atomic E-state index is -1.11. The van der Waals surface area contributed by atoms with E-state index in [-0.39, 0.29) is 60.9 Å². The largest absolute Gasteiger partial charge is 0.508 e. The van der Waals surface area contributed by atoms with Crippen LogP contribution < -0.4 is 4.74 Å². The van der Waals surface area contributed by atoms with Crippen LogP contribution in [0.1, 0.15) is 104 Å². The van der Waals surface area contributed by atoms with Gasteiger partial charge >= 0.3 is 29.4 Å². The summed E-state index contributed by atoms with van der Waals surface area (Å²) in [6, 6.07) is 24.2. The average molecular weight is 1200 g/mol. The van der Waals surface area contributed by atoms with Gasteiger partial charge in [0.15, 0.2) is 12.6 Å². The lowest BCUT2D eigenvalue weighted by Gasteiger charge is -2.23. The van der Waals surface area contributed by atoms with Crippen LogP contribution in [0, 0.1) is 23.3 Å². The minimum Gasteiger partial charge on any atom is -0.508 e. The predicted octanol–water partition coefficient (Wildman–Crippen LogP) is 10.4. The highest BCUT2D eigenvalue weighted by atomic mass is 35.5. The van der Waals surface area contributed by atoms with Crippen LogP contribution >= 0.6 is 34.8 Å². The second kappa shape index (κ2) is 37.6. The normalized spacial score (nSPS) is 18.1. The van der Waals surface area contributed by atoms with E-state index in [1.807, 2.05) is 12.1 Å². The number of halogens is 7. The number of nitrogens with zero attached hydrogens (tertiary/aromatic N) is 4. The van der Waals surface area contributed by atoms with Crippen LogP contribution in [-0.2, 0) is 41.7 Å². The lowest BCUT2D eigenvalue weighted by Crippen LogP contribution is -2.40. The summed E-state index contributed by atoms with van der Waals surface area (Å²) in [6.45, 7) is 10.4. The number of rotatable bonds is 14. The monoisotopic (exact) mass is 1200 g/mol. The van der Waals surface area contributed by atoms with E-state index >= 15 is 0 Å². The highest BCUT2D eigenvalue weighted by Crippen LogP contribution is 2.25. The van der Waals surface area contributed by atoms with Crippen LogP contribution in [0.3, 0.4) is 0 Å². The van der Waals surface area contributed by atoms with Crippen molar-refractivity contribution in [3.05, 3.63) is 130 Å². The van der Waals surface area contributed by atoms with E-state index in [0.717, 1.165) is 64.0 Å². The zero-order valence-electron chi connectivity index (χ0n) is 45.3. The summed E-state index contributed by atoms with van der Waals surface area (Å²) >= 11 is 14.9. The minimum absolute atomic E-state index is 0.0334. The van der Waals surface area contributed by atoms with Gasteiger partial charge in [-0.05, 0) is 87.2 Å². The standard InChI is InChI=1S/C15H15F2NO5.C14H19NO2.C12H17NO.C8H12ClNO3.C7H4F2O2.CH2Cl2/c1-9(20)22-8-10-3-2-4-18(10)15(21)23-11-5-13(16)12(7-19)14(17)6-11;1-12(16)17-11-14-8-5-9-15(14)10-13-6-3-2-4-7-13;14-10-12-7-4-8-13(12)9-11-5-2-1-3-6-11;1-6(11)13-5-7-3-2-4-10(7)8(9)12;8-6-1-4(11)2-7(9)5(6)3-10;2-1-3/h5-7,10H,2-4,8H2,1H3;2-4,6-7,14H,5,8-11H2,1H3;1-3,5-6,12,14H,4,7-10H2;7H,2-5H2,1H3;1-3,11H;1H2/t10-;14-;12-;7-;;/m0000../s1. The summed E-state index contributed by atoms with van der Waals surface area (Å²) in [7, 11) is 0. The van der Waals surface area contributed by atoms with E-state index in [4.69, 9.17) is 58.9 Å². The molecule has 0 bridgehead atoms. The molecule has 0 radical (unpaired) electrons. The summed E-state index contributed by atoms with van der Waals surface area (Å²) in [6.07, 6.45) is 7.10. The fraction of sp³-hybridized carbons (Fsp3) is 0.456. The van der Waals surface area contributed by atoms with E-state index in [2.05, 4.69) is 58.3 Å². The Hall–Kier alpha value is -6.36. The number of aliphatic hydroxyl groups is 1. The molecule has 4 aromatic rings. The molecule has 17 nitrogen and oxygen atoms in total. The van der Waals surface area contributed by atoms with Gasteiger partial charge in [0.1, 0.15) is 54.6 Å². The Bertz CT molecular complexity index is 2570. The highest BCUT2D eigenvalue weighted by Gasteiger charge is 2.32. The quantitative estimate of drug-likeness (QED) is 0.0229. The van der Waals surface area contributed by atoms with Crippen molar-refractivity contribution in [1.82, 2.24) is 19.6 Å². The molecule has 2 amide bonds. The van der Waals surface area contributed by atoms with Crippen LogP contribution in [0.15, 0.2) is 84.9 Å². The molecule has 0 aromatic heterocycles. The summed E-state index contributed by atoms with van der Waals surface area (Å²) in [4.78, 5) is 83.3. The average Bonchev–Trinajstić information content (AvgIpc) is 4.29. The Kier molecular flexibility index (Phi) is 32.0. The van der Waals surface area contributed by atoms with Gasteiger partial charge in [0.2, 0.25) is 0 Å². The maximum absolute atomic E-state index is 13.5. The first-order chi connectivity index (χ1) is 38.7. The number of hydrogen-bond donors (Lipinski definition) is 2. The molecule has 81 heavy (non-hydrogen) atoms. The molecular weight excluding hydrogens is 1130 g/mol. The Morgan fingerprint density at radius 1 is 0.568 bits per heavy atom. The van der Waals surface area contributed by atoms with Crippen LogP contribution in [0.5, 0.6) is 11.5 Å². The van der Waals surface area contributed by atoms with Gasteiger partial charge in [-0.1, -0.05) is 60.7 Å². The number of phenolic OH excluding ortho intramolecular Hbond substituents is 1. The second-order valence-corrected chi connectivity index (χ2v) is 19.8. The molecule has 0 unspecified atom stereocenters. The molecule has 4 fully saturated rings. The van der Waals surface area contributed by atoms with Crippen molar-refractivity contribution >= 4 is 76.7 Å². The van der Waals surface area contributed by atoms with Crippen molar-refractivity contribution < 1.29 is 80.3 Å². The lowest BCUT2D eigenvalue weighted by atomic mass is 10.2.